The van der Waals surface area contributed by atoms with Crippen molar-refractivity contribution in [1.82, 2.24) is 25.4 Å². The molecule has 2 rings (SSSR count). The normalized spacial score (nSPS) is 12.3. The molecule has 1 aromatic carbocycles. The van der Waals surface area contributed by atoms with E-state index in [0.29, 0.717) is 6.54 Å². The Morgan fingerprint density at radius 1 is 1.21 bits per heavy atom. The van der Waals surface area contributed by atoms with Crippen molar-refractivity contribution < 1.29 is 0 Å². The van der Waals surface area contributed by atoms with Crippen LogP contribution in [0.2, 0.25) is 0 Å². The van der Waals surface area contributed by atoms with Crippen molar-refractivity contribution in [2.24, 2.45) is 12.0 Å². The second kappa shape index (κ2) is 7.95. The van der Waals surface area contributed by atoms with Gasteiger partial charge in [-0.25, -0.2) is 4.98 Å². The van der Waals surface area contributed by atoms with Crippen molar-refractivity contribution >= 4 is 5.96 Å². The highest BCUT2D eigenvalue weighted by Gasteiger charge is 2.20. The van der Waals surface area contributed by atoms with Gasteiger partial charge in [0.05, 0.1) is 6.54 Å². The second-order valence-corrected chi connectivity index (χ2v) is 6.51. The lowest BCUT2D eigenvalue weighted by molar-refractivity contribution is 0.507. The lowest BCUT2D eigenvalue weighted by Gasteiger charge is -2.27. The molecule has 6 nitrogen and oxygen atoms in total. The van der Waals surface area contributed by atoms with E-state index >= 15 is 0 Å². The summed E-state index contributed by atoms with van der Waals surface area (Å²) in [5.41, 5.74) is 2.69. The second-order valence-electron chi connectivity index (χ2n) is 6.51. The monoisotopic (exact) mass is 328 g/mol. The summed E-state index contributed by atoms with van der Waals surface area (Å²) in [7, 11) is 3.65. The Hall–Kier alpha value is -2.37. The molecule has 24 heavy (non-hydrogen) atoms. The Morgan fingerprint density at radius 3 is 2.46 bits per heavy atom. The van der Waals surface area contributed by atoms with Crippen LogP contribution in [-0.2, 0) is 25.4 Å². The van der Waals surface area contributed by atoms with Crippen molar-refractivity contribution in [3.05, 3.63) is 47.5 Å². The predicted octanol–water partition coefficient (Wildman–Crippen LogP) is 2.02. The zero-order valence-electron chi connectivity index (χ0n) is 15.3. The quantitative estimate of drug-likeness (QED) is 0.629. The maximum absolute atomic E-state index is 4.28. The maximum atomic E-state index is 4.28. The Kier molecular flexibility index (Phi) is 5.95. The molecule has 0 atom stereocenters. The molecule has 0 amide bonds. The van der Waals surface area contributed by atoms with Crippen molar-refractivity contribution in [2.45, 2.75) is 39.2 Å². The van der Waals surface area contributed by atoms with E-state index in [1.54, 1.807) is 18.1 Å². The summed E-state index contributed by atoms with van der Waals surface area (Å²) in [6, 6.07) is 8.85. The third kappa shape index (κ3) is 4.57. The van der Waals surface area contributed by atoms with Crippen LogP contribution in [0.3, 0.4) is 0 Å². The number of aromatic nitrogens is 3. The average Bonchev–Trinajstić information content (AvgIpc) is 3.00. The number of nitrogens with one attached hydrogen (secondary N) is 2. The van der Waals surface area contributed by atoms with Crippen molar-refractivity contribution in [1.29, 1.82) is 0 Å². The molecular formula is C18H28N6. The molecule has 0 spiro atoms. The van der Waals surface area contributed by atoms with Gasteiger partial charge in [-0.3, -0.25) is 9.67 Å². The first-order chi connectivity index (χ1) is 11.5. The molecule has 0 radical (unpaired) electrons. The SMILES string of the molecule is CCc1ccc(C(C)(C)CNC(=NC)NCc2ncnn2C)cc1. The molecule has 1 aromatic heterocycles. The molecule has 0 aliphatic heterocycles. The summed E-state index contributed by atoms with van der Waals surface area (Å²) in [5.74, 6) is 1.63. The minimum absolute atomic E-state index is 0.00860. The van der Waals surface area contributed by atoms with Crippen LogP contribution < -0.4 is 10.6 Å². The van der Waals surface area contributed by atoms with E-state index in [1.165, 1.54) is 11.1 Å². The van der Waals surface area contributed by atoms with Gasteiger partial charge in [0.25, 0.3) is 0 Å². The predicted molar refractivity (Wildman–Crippen MR) is 98.1 cm³/mol. The zero-order valence-corrected chi connectivity index (χ0v) is 15.3. The summed E-state index contributed by atoms with van der Waals surface area (Å²) < 4.78 is 1.75. The lowest BCUT2D eigenvalue weighted by Crippen LogP contribution is -2.43. The fraction of sp³-hybridized carbons (Fsp3) is 0.500. The summed E-state index contributed by atoms with van der Waals surface area (Å²) in [6.45, 7) is 8.01. The standard InChI is InChI=1S/C18H28N6/c1-6-14-7-9-15(10-8-14)18(2,3)12-21-17(19-4)20-11-16-22-13-23-24(16)5/h7-10,13H,6,11-12H2,1-5H3,(H2,19,20,21). The van der Waals surface area contributed by atoms with E-state index < -0.39 is 0 Å². The molecule has 0 aliphatic rings. The van der Waals surface area contributed by atoms with Gasteiger partial charge >= 0.3 is 0 Å². The van der Waals surface area contributed by atoms with Crippen LogP contribution in [0.5, 0.6) is 0 Å². The first kappa shape index (κ1) is 18.0. The molecule has 0 bridgehead atoms. The number of aryl methyl sites for hydroxylation is 2. The van der Waals surface area contributed by atoms with Crippen molar-refractivity contribution in [3.63, 3.8) is 0 Å². The van der Waals surface area contributed by atoms with E-state index in [9.17, 15) is 0 Å². The lowest BCUT2D eigenvalue weighted by atomic mass is 9.84. The minimum Gasteiger partial charge on any atom is -0.356 e. The molecule has 0 aliphatic carbocycles. The molecule has 0 unspecified atom stereocenters. The molecule has 2 N–H and O–H groups in total. The van der Waals surface area contributed by atoms with Crippen LogP contribution >= 0.6 is 0 Å². The topological polar surface area (TPSA) is 67.1 Å². The third-order valence-electron chi connectivity index (χ3n) is 4.28. The molecule has 0 saturated carbocycles. The highest BCUT2D eigenvalue weighted by molar-refractivity contribution is 5.79. The molecular weight excluding hydrogens is 300 g/mol. The highest BCUT2D eigenvalue weighted by Crippen LogP contribution is 2.22. The summed E-state index contributed by atoms with van der Waals surface area (Å²) >= 11 is 0. The molecule has 1 heterocycles. The van der Waals surface area contributed by atoms with Gasteiger partial charge in [-0.15, -0.1) is 0 Å². The van der Waals surface area contributed by atoms with Crippen LogP contribution in [0.25, 0.3) is 0 Å². The number of hydrogen-bond acceptors (Lipinski definition) is 3. The average molecular weight is 328 g/mol. The first-order valence-electron chi connectivity index (χ1n) is 8.33. The van der Waals surface area contributed by atoms with Gasteiger partial charge in [0.1, 0.15) is 12.2 Å². The Labute approximate surface area is 144 Å². The maximum Gasteiger partial charge on any atom is 0.191 e. The Bertz CT molecular complexity index is 669. The highest BCUT2D eigenvalue weighted by atomic mass is 15.3. The number of guanidine groups is 1. The largest absolute Gasteiger partial charge is 0.356 e. The van der Waals surface area contributed by atoms with Crippen LogP contribution in [0.1, 0.15) is 37.7 Å². The van der Waals surface area contributed by atoms with Gasteiger partial charge in [-0.05, 0) is 17.5 Å². The number of aliphatic imine (C=N–C) groups is 1. The van der Waals surface area contributed by atoms with E-state index in [0.717, 1.165) is 24.7 Å². The van der Waals surface area contributed by atoms with E-state index in [1.807, 2.05) is 7.05 Å². The van der Waals surface area contributed by atoms with Crippen LogP contribution in [0.15, 0.2) is 35.6 Å². The first-order valence-corrected chi connectivity index (χ1v) is 8.33. The minimum atomic E-state index is 0.00860. The van der Waals surface area contributed by atoms with E-state index in [-0.39, 0.29) is 5.41 Å². The summed E-state index contributed by atoms with van der Waals surface area (Å²) in [4.78, 5) is 8.48. The number of benzene rings is 1. The van der Waals surface area contributed by atoms with Crippen LogP contribution in [0.4, 0.5) is 0 Å². The number of hydrogen-bond donors (Lipinski definition) is 2. The van der Waals surface area contributed by atoms with Crippen molar-refractivity contribution in [2.75, 3.05) is 13.6 Å². The smallest absolute Gasteiger partial charge is 0.191 e. The number of rotatable bonds is 6. The zero-order chi connectivity index (χ0) is 17.6. The van der Waals surface area contributed by atoms with Crippen LogP contribution in [-0.4, -0.2) is 34.3 Å². The Morgan fingerprint density at radius 2 is 1.92 bits per heavy atom. The molecule has 0 saturated heterocycles. The van der Waals surface area contributed by atoms with Gasteiger partial charge in [-0.1, -0.05) is 45.0 Å². The summed E-state index contributed by atoms with van der Waals surface area (Å²) in [5, 5.41) is 10.7. The molecule has 130 valence electrons. The summed E-state index contributed by atoms with van der Waals surface area (Å²) in [6.07, 6.45) is 2.62. The van der Waals surface area contributed by atoms with Gasteiger partial charge in [-0.2, -0.15) is 5.10 Å². The molecule has 0 fully saturated rings. The van der Waals surface area contributed by atoms with Gasteiger partial charge in [0, 0.05) is 26.1 Å². The van der Waals surface area contributed by atoms with Gasteiger partial charge in [0.2, 0.25) is 0 Å². The molecule has 6 heteroatoms. The van der Waals surface area contributed by atoms with Gasteiger partial charge < -0.3 is 10.6 Å². The van der Waals surface area contributed by atoms with Crippen molar-refractivity contribution in [3.8, 4) is 0 Å². The van der Waals surface area contributed by atoms with E-state index in [2.05, 4.69) is 70.7 Å². The Balaban J connectivity index is 1.92. The third-order valence-corrected chi connectivity index (χ3v) is 4.28. The van der Waals surface area contributed by atoms with Crippen LogP contribution in [0, 0.1) is 0 Å². The molecule has 2 aromatic rings. The van der Waals surface area contributed by atoms with Gasteiger partial charge in [0.15, 0.2) is 5.96 Å². The van der Waals surface area contributed by atoms with E-state index in [4.69, 9.17) is 0 Å². The fourth-order valence-electron chi connectivity index (χ4n) is 2.46. The fourth-order valence-corrected chi connectivity index (χ4v) is 2.46. The number of nitrogens with zero attached hydrogens (tertiary/aromatic N) is 4.